The van der Waals surface area contributed by atoms with Crippen LogP contribution in [0.5, 0.6) is 0 Å². The second kappa shape index (κ2) is 3.37. The van der Waals surface area contributed by atoms with Crippen LogP contribution in [0.3, 0.4) is 0 Å². The molecule has 0 bridgehead atoms. The van der Waals surface area contributed by atoms with Gasteiger partial charge in [-0.05, 0) is 12.1 Å². The Hall–Kier alpha value is -1.30. The number of hydrogen-bond acceptors (Lipinski definition) is 2. The Bertz CT molecular complexity index is 491. The molecule has 0 spiro atoms. The maximum absolute atomic E-state index is 12.1. The molecule has 7 heteroatoms. The van der Waals surface area contributed by atoms with Crippen LogP contribution in [-0.4, -0.2) is 20.8 Å². The summed E-state index contributed by atoms with van der Waals surface area (Å²) in [6.45, 7) is 0. The van der Waals surface area contributed by atoms with Crippen LogP contribution >= 0.6 is 11.6 Å². The highest BCUT2D eigenvalue weighted by molar-refractivity contribution is 6.29. The van der Waals surface area contributed by atoms with Crippen LogP contribution in [-0.2, 0) is 6.42 Å². The normalized spacial score (nSPS) is 12.3. The summed E-state index contributed by atoms with van der Waals surface area (Å²) in [5.74, 6) is 0. The van der Waals surface area contributed by atoms with E-state index < -0.39 is 12.6 Å². The molecule has 0 aliphatic heterocycles. The second-order valence-electron chi connectivity index (χ2n) is 2.97. The molecular weight excluding hydrogens is 231 g/mol. The first-order valence-electron chi connectivity index (χ1n) is 4.02. The van der Waals surface area contributed by atoms with Crippen molar-refractivity contribution >= 4 is 17.2 Å². The van der Waals surface area contributed by atoms with Crippen molar-refractivity contribution in [1.29, 1.82) is 0 Å². The molecule has 0 radical (unpaired) electrons. The molecule has 0 unspecified atom stereocenters. The fraction of sp³-hybridized carbons (Fsp3) is 0.250. The highest BCUT2D eigenvalue weighted by Crippen LogP contribution is 2.21. The summed E-state index contributed by atoms with van der Waals surface area (Å²) < 4.78 is 37.5. The van der Waals surface area contributed by atoms with Crippen molar-refractivity contribution in [3.8, 4) is 0 Å². The monoisotopic (exact) mass is 235 g/mol. The molecule has 2 rings (SSSR count). The average molecular weight is 236 g/mol. The molecule has 0 saturated carbocycles. The summed E-state index contributed by atoms with van der Waals surface area (Å²) in [5, 5.41) is 3.87. The average Bonchev–Trinajstić information content (AvgIpc) is 2.46. The lowest BCUT2D eigenvalue weighted by Crippen LogP contribution is -2.13. The van der Waals surface area contributed by atoms with E-state index in [0.717, 1.165) is 10.7 Å². The zero-order valence-electron chi connectivity index (χ0n) is 7.29. The van der Waals surface area contributed by atoms with Gasteiger partial charge in [-0.1, -0.05) is 11.6 Å². The second-order valence-corrected chi connectivity index (χ2v) is 3.35. The molecule has 0 aromatic carbocycles. The molecule has 0 N–H and O–H groups in total. The lowest BCUT2D eigenvalue weighted by atomic mass is 10.3. The van der Waals surface area contributed by atoms with Gasteiger partial charge in [-0.15, -0.1) is 0 Å². The first kappa shape index (κ1) is 10.2. The topological polar surface area (TPSA) is 30.2 Å². The molecular formula is C8H5ClF3N3. The van der Waals surface area contributed by atoms with Crippen LogP contribution in [0, 0.1) is 0 Å². The lowest BCUT2D eigenvalue weighted by molar-refractivity contribution is -0.128. The Kier molecular flexibility index (Phi) is 2.30. The number of nitrogens with zero attached hydrogens (tertiary/aromatic N) is 3. The van der Waals surface area contributed by atoms with Crippen LogP contribution in [0.25, 0.3) is 5.65 Å². The predicted molar refractivity (Wildman–Crippen MR) is 47.8 cm³/mol. The molecule has 2 heterocycles. The first-order valence-corrected chi connectivity index (χ1v) is 4.39. The largest absolute Gasteiger partial charge is 0.394 e. The Balaban J connectivity index is 2.48. The summed E-state index contributed by atoms with van der Waals surface area (Å²) in [5.41, 5.74) is 0.318. The number of alkyl halides is 3. The fourth-order valence-electron chi connectivity index (χ4n) is 1.22. The van der Waals surface area contributed by atoms with Crippen molar-refractivity contribution in [3.63, 3.8) is 0 Å². The van der Waals surface area contributed by atoms with Gasteiger partial charge in [0.25, 0.3) is 0 Å². The van der Waals surface area contributed by atoms with E-state index in [9.17, 15) is 13.2 Å². The summed E-state index contributed by atoms with van der Waals surface area (Å²) in [4.78, 5) is 3.79. The predicted octanol–water partition coefficient (Wildman–Crippen LogP) is 2.49. The van der Waals surface area contributed by atoms with Crippen LogP contribution in [0.2, 0.25) is 5.15 Å². The molecule has 2 aromatic rings. The Morgan fingerprint density at radius 2 is 2.07 bits per heavy atom. The molecule has 3 nitrogen and oxygen atoms in total. The zero-order chi connectivity index (χ0) is 11.1. The molecule has 80 valence electrons. The zero-order valence-corrected chi connectivity index (χ0v) is 8.05. The third-order valence-electron chi connectivity index (χ3n) is 1.78. The minimum absolute atomic E-state index is 0.0278. The van der Waals surface area contributed by atoms with Crippen LogP contribution in [0.1, 0.15) is 5.69 Å². The van der Waals surface area contributed by atoms with E-state index in [-0.39, 0.29) is 10.8 Å². The van der Waals surface area contributed by atoms with Gasteiger partial charge >= 0.3 is 6.18 Å². The van der Waals surface area contributed by atoms with E-state index in [0.29, 0.717) is 5.65 Å². The number of fused-ring (bicyclic) bond motifs is 1. The maximum atomic E-state index is 12.1. The molecule has 0 aliphatic rings. The van der Waals surface area contributed by atoms with Crippen LogP contribution < -0.4 is 0 Å². The van der Waals surface area contributed by atoms with Crippen molar-refractivity contribution in [3.05, 3.63) is 29.2 Å². The van der Waals surface area contributed by atoms with Gasteiger partial charge in [0, 0.05) is 0 Å². The van der Waals surface area contributed by atoms with Gasteiger partial charge in [0.05, 0.1) is 18.3 Å². The number of halogens is 4. The van der Waals surface area contributed by atoms with Gasteiger partial charge in [-0.2, -0.15) is 18.3 Å². The number of hydrogen-bond donors (Lipinski definition) is 0. The third-order valence-corrected chi connectivity index (χ3v) is 1.98. The first-order chi connectivity index (χ1) is 6.96. The van der Waals surface area contributed by atoms with E-state index >= 15 is 0 Å². The standard InChI is InChI=1S/C8H5ClF3N3/c9-6-1-2-7-13-4-5(15(7)14-6)3-8(10,11)12/h1-2,4H,3H2. The highest BCUT2D eigenvalue weighted by Gasteiger charge is 2.29. The van der Waals surface area contributed by atoms with Crippen LogP contribution in [0.4, 0.5) is 13.2 Å². The summed E-state index contributed by atoms with van der Waals surface area (Å²) in [6.07, 6.45) is -4.20. The minimum Gasteiger partial charge on any atom is -0.235 e. The van der Waals surface area contributed by atoms with Gasteiger partial charge in [0.1, 0.15) is 5.15 Å². The van der Waals surface area contributed by atoms with E-state index in [1.54, 1.807) is 0 Å². The van der Waals surface area contributed by atoms with Crippen LogP contribution in [0.15, 0.2) is 18.3 Å². The number of rotatable bonds is 1. The van der Waals surface area contributed by atoms with Gasteiger partial charge in [0.15, 0.2) is 5.65 Å². The van der Waals surface area contributed by atoms with E-state index in [2.05, 4.69) is 10.1 Å². The van der Waals surface area contributed by atoms with Gasteiger partial charge in [-0.25, -0.2) is 9.50 Å². The quantitative estimate of drug-likeness (QED) is 0.760. The van der Waals surface area contributed by atoms with Crippen molar-refractivity contribution in [2.24, 2.45) is 0 Å². The van der Waals surface area contributed by atoms with Gasteiger partial charge < -0.3 is 0 Å². The summed E-state index contributed by atoms with van der Waals surface area (Å²) >= 11 is 5.58. The Labute approximate surface area is 87.5 Å². The van der Waals surface area contributed by atoms with Gasteiger partial charge in [0.2, 0.25) is 0 Å². The number of imidazole rings is 1. The lowest BCUT2D eigenvalue weighted by Gasteiger charge is -2.04. The van der Waals surface area contributed by atoms with Crippen molar-refractivity contribution in [2.75, 3.05) is 0 Å². The molecule has 2 aromatic heterocycles. The van der Waals surface area contributed by atoms with Gasteiger partial charge in [-0.3, -0.25) is 0 Å². The van der Waals surface area contributed by atoms with Crippen molar-refractivity contribution < 1.29 is 13.2 Å². The smallest absolute Gasteiger partial charge is 0.235 e. The molecule has 0 fully saturated rings. The summed E-state index contributed by atoms with van der Waals surface area (Å²) in [7, 11) is 0. The highest BCUT2D eigenvalue weighted by atomic mass is 35.5. The SMILES string of the molecule is FC(F)(F)Cc1cnc2ccc(Cl)nn12. The Morgan fingerprint density at radius 1 is 1.33 bits per heavy atom. The van der Waals surface area contributed by atoms with E-state index in [1.807, 2.05) is 0 Å². The number of aromatic nitrogens is 3. The third kappa shape index (κ3) is 2.20. The molecule has 0 aliphatic carbocycles. The fourth-order valence-corrected chi connectivity index (χ4v) is 1.36. The summed E-state index contributed by atoms with van der Waals surface area (Å²) in [6, 6.07) is 2.98. The molecule has 15 heavy (non-hydrogen) atoms. The minimum atomic E-state index is -4.28. The van der Waals surface area contributed by atoms with E-state index in [4.69, 9.17) is 11.6 Å². The van der Waals surface area contributed by atoms with Crippen molar-refractivity contribution in [2.45, 2.75) is 12.6 Å². The van der Waals surface area contributed by atoms with E-state index in [1.165, 1.54) is 12.1 Å². The maximum Gasteiger partial charge on any atom is 0.394 e. The molecule has 0 atom stereocenters. The Morgan fingerprint density at radius 3 is 2.73 bits per heavy atom. The molecule has 0 amide bonds. The van der Waals surface area contributed by atoms with Crippen molar-refractivity contribution in [1.82, 2.24) is 14.6 Å². The molecule has 0 saturated heterocycles.